The van der Waals surface area contributed by atoms with Gasteiger partial charge in [0, 0.05) is 19.1 Å². The van der Waals surface area contributed by atoms with Crippen LogP contribution in [0.3, 0.4) is 0 Å². The van der Waals surface area contributed by atoms with Crippen LogP contribution in [0.1, 0.15) is 33.6 Å². The van der Waals surface area contributed by atoms with Crippen molar-refractivity contribution in [1.82, 2.24) is 15.4 Å². The van der Waals surface area contributed by atoms with Crippen LogP contribution in [-0.4, -0.2) is 50.9 Å². The first kappa shape index (κ1) is 19.7. The zero-order chi connectivity index (χ0) is 16.7. The predicted octanol–water partition coefficient (Wildman–Crippen LogP) is 0.114. The number of nitrogens with one attached hydrogen (secondary N) is 3. The van der Waals surface area contributed by atoms with Crippen molar-refractivity contribution in [2.45, 2.75) is 39.7 Å². The van der Waals surface area contributed by atoms with E-state index in [2.05, 4.69) is 15.4 Å². The van der Waals surface area contributed by atoms with E-state index in [1.54, 1.807) is 0 Å². The number of carbonyl (C=O) groups excluding carboxylic acids is 1. The lowest BCUT2D eigenvalue weighted by Gasteiger charge is -2.30. The summed E-state index contributed by atoms with van der Waals surface area (Å²) in [6, 6.07) is -0.959. The number of urea groups is 1. The minimum absolute atomic E-state index is 0.160. The number of aliphatic carboxylic acids is 1. The Balaban J connectivity index is 4.13. The number of carboxylic acid groups (broad SMARTS) is 1. The maximum absolute atomic E-state index is 11.7. The van der Waals surface area contributed by atoms with E-state index < -0.39 is 28.1 Å². The summed E-state index contributed by atoms with van der Waals surface area (Å²) in [6.45, 7) is 6.06. The van der Waals surface area contributed by atoms with Crippen molar-refractivity contribution in [2.75, 3.05) is 19.3 Å². The average Bonchev–Trinajstić information content (AvgIpc) is 2.24. The van der Waals surface area contributed by atoms with E-state index in [1.165, 1.54) is 0 Å². The van der Waals surface area contributed by atoms with Gasteiger partial charge in [0.1, 0.15) is 0 Å². The van der Waals surface area contributed by atoms with Crippen molar-refractivity contribution in [3.05, 3.63) is 0 Å². The highest BCUT2D eigenvalue weighted by atomic mass is 32.2. The van der Waals surface area contributed by atoms with Gasteiger partial charge in [0.15, 0.2) is 0 Å². The number of carbonyl (C=O) groups is 2. The van der Waals surface area contributed by atoms with Crippen LogP contribution >= 0.6 is 0 Å². The molecule has 0 aromatic carbocycles. The molecule has 1 atom stereocenters. The molecule has 9 heteroatoms. The zero-order valence-corrected chi connectivity index (χ0v) is 13.7. The Bertz CT molecular complexity index is 456. The van der Waals surface area contributed by atoms with Crippen molar-refractivity contribution >= 4 is 22.0 Å². The second-order valence-electron chi connectivity index (χ2n) is 5.94. The largest absolute Gasteiger partial charge is 0.481 e. The third-order valence-corrected chi connectivity index (χ3v) is 3.46. The number of hydrogen-bond donors (Lipinski definition) is 4. The second-order valence-corrected chi connectivity index (χ2v) is 7.77. The number of hydrogen-bond acceptors (Lipinski definition) is 4. The molecule has 0 aromatic rings. The highest BCUT2D eigenvalue weighted by molar-refractivity contribution is 7.88. The van der Waals surface area contributed by atoms with Crippen LogP contribution in [0.5, 0.6) is 0 Å². The molecule has 0 heterocycles. The molecule has 0 aliphatic rings. The molecule has 0 spiro atoms. The summed E-state index contributed by atoms with van der Waals surface area (Å²) in [6.07, 6.45) is 1.35. The topological polar surface area (TPSA) is 125 Å². The maximum atomic E-state index is 11.7. The highest BCUT2D eigenvalue weighted by Crippen LogP contribution is 2.21. The van der Waals surface area contributed by atoms with Crippen LogP contribution in [0.15, 0.2) is 0 Å². The van der Waals surface area contributed by atoms with Gasteiger partial charge in [-0.05, 0) is 11.8 Å². The highest BCUT2D eigenvalue weighted by Gasteiger charge is 2.28. The molecule has 0 saturated heterocycles. The third kappa shape index (κ3) is 11.0. The Morgan fingerprint density at radius 1 is 1.19 bits per heavy atom. The van der Waals surface area contributed by atoms with Crippen molar-refractivity contribution < 1.29 is 23.1 Å². The first-order chi connectivity index (χ1) is 9.42. The molecular weight excluding hydrogens is 298 g/mol. The Morgan fingerprint density at radius 2 is 1.76 bits per heavy atom. The van der Waals surface area contributed by atoms with E-state index in [0.29, 0.717) is 6.42 Å². The molecule has 0 saturated carbocycles. The van der Waals surface area contributed by atoms with Gasteiger partial charge < -0.3 is 15.7 Å². The Morgan fingerprint density at radius 3 is 2.19 bits per heavy atom. The number of carboxylic acids is 1. The lowest BCUT2D eigenvalue weighted by molar-refractivity contribution is -0.138. The van der Waals surface area contributed by atoms with Gasteiger partial charge >= 0.3 is 12.0 Å². The van der Waals surface area contributed by atoms with Gasteiger partial charge in [-0.3, -0.25) is 4.79 Å². The summed E-state index contributed by atoms with van der Waals surface area (Å²) in [7, 11) is -3.22. The van der Waals surface area contributed by atoms with Gasteiger partial charge in [0.25, 0.3) is 0 Å². The fourth-order valence-corrected chi connectivity index (χ4v) is 2.02. The SMILES string of the molecule is CC(C)(C)C(CC(=O)O)NC(=O)NCCCNS(C)(=O)=O. The molecule has 2 amide bonds. The van der Waals surface area contributed by atoms with E-state index in [9.17, 15) is 18.0 Å². The summed E-state index contributed by atoms with van der Waals surface area (Å²) in [4.78, 5) is 22.5. The van der Waals surface area contributed by atoms with Crippen LogP contribution in [0.2, 0.25) is 0 Å². The molecule has 0 radical (unpaired) electrons. The fraction of sp³-hybridized carbons (Fsp3) is 0.833. The molecule has 21 heavy (non-hydrogen) atoms. The summed E-state index contributed by atoms with van der Waals surface area (Å²) in [5.41, 5.74) is -0.381. The monoisotopic (exact) mass is 323 g/mol. The number of amides is 2. The Labute approximate surface area is 125 Å². The van der Waals surface area contributed by atoms with Crippen LogP contribution in [0.4, 0.5) is 4.79 Å². The molecule has 1 unspecified atom stereocenters. The van der Waals surface area contributed by atoms with Gasteiger partial charge in [-0.1, -0.05) is 20.8 Å². The van der Waals surface area contributed by atoms with Crippen LogP contribution < -0.4 is 15.4 Å². The first-order valence-corrected chi connectivity index (χ1v) is 8.52. The van der Waals surface area contributed by atoms with E-state index in [4.69, 9.17) is 5.11 Å². The van der Waals surface area contributed by atoms with Crippen LogP contribution in [0, 0.1) is 5.41 Å². The minimum atomic E-state index is -3.22. The van der Waals surface area contributed by atoms with Crippen molar-refractivity contribution in [3.63, 3.8) is 0 Å². The standard InChI is InChI=1S/C12H25N3O5S/c1-12(2,3)9(8-10(16)17)15-11(18)13-6-5-7-14-21(4,19)20/h9,14H,5-8H2,1-4H3,(H,16,17)(H2,13,15,18). The number of rotatable bonds is 8. The molecule has 0 aromatic heterocycles. The second kappa shape index (κ2) is 8.18. The van der Waals surface area contributed by atoms with Crippen LogP contribution in [-0.2, 0) is 14.8 Å². The maximum Gasteiger partial charge on any atom is 0.315 e. The Kier molecular flexibility index (Phi) is 7.65. The molecular formula is C12H25N3O5S. The van der Waals surface area contributed by atoms with Gasteiger partial charge in [0.2, 0.25) is 10.0 Å². The van der Waals surface area contributed by atoms with Crippen molar-refractivity contribution in [3.8, 4) is 0 Å². The molecule has 0 rings (SSSR count). The molecule has 0 fully saturated rings. The predicted molar refractivity (Wildman–Crippen MR) is 79.5 cm³/mol. The summed E-state index contributed by atoms with van der Waals surface area (Å²) < 4.78 is 24.0. The van der Waals surface area contributed by atoms with E-state index >= 15 is 0 Å². The number of sulfonamides is 1. The normalized spacial score (nSPS) is 13.5. The first-order valence-electron chi connectivity index (χ1n) is 6.62. The van der Waals surface area contributed by atoms with E-state index in [1.807, 2.05) is 20.8 Å². The van der Waals surface area contributed by atoms with Gasteiger partial charge in [-0.2, -0.15) is 0 Å². The zero-order valence-electron chi connectivity index (χ0n) is 12.9. The molecule has 0 aliphatic carbocycles. The quantitative estimate of drug-likeness (QED) is 0.472. The third-order valence-electron chi connectivity index (χ3n) is 2.73. The summed E-state index contributed by atoms with van der Waals surface area (Å²) in [5, 5.41) is 14.0. The lowest BCUT2D eigenvalue weighted by atomic mass is 9.85. The Hall–Kier alpha value is -1.35. The van der Waals surface area contributed by atoms with Crippen LogP contribution in [0.25, 0.3) is 0 Å². The smallest absolute Gasteiger partial charge is 0.315 e. The van der Waals surface area contributed by atoms with Gasteiger partial charge in [-0.15, -0.1) is 0 Å². The summed E-state index contributed by atoms with van der Waals surface area (Å²) >= 11 is 0. The van der Waals surface area contributed by atoms with E-state index in [0.717, 1.165) is 6.26 Å². The lowest BCUT2D eigenvalue weighted by Crippen LogP contribution is -2.49. The fourth-order valence-electron chi connectivity index (χ4n) is 1.51. The molecule has 0 bridgehead atoms. The molecule has 4 N–H and O–H groups in total. The van der Waals surface area contributed by atoms with Gasteiger partial charge in [-0.25, -0.2) is 17.9 Å². The van der Waals surface area contributed by atoms with E-state index in [-0.39, 0.29) is 24.9 Å². The average molecular weight is 323 g/mol. The minimum Gasteiger partial charge on any atom is -0.481 e. The van der Waals surface area contributed by atoms with Crippen molar-refractivity contribution in [2.24, 2.45) is 5.41 Å². The molecule has 0 aliphatic heterocycles. The molecule has 124 valence electrons. The van der Waals surface area contributed by atoms with Gasteiger partial charge in [0.05, 0.1) is 12.7 Å². The van der Waals surface area contributed by atoms with Crippen molar-refractivity contribution in [1.29, 1.82) is 0 Å². The molecule has 8 nitrogen and oxygen atoms in total. The summed E-state index contributed by atoms with van der Waals surface area (Å²) in [5.74, 6) is -0.979.